The van der Waals surface area contributed by atoms with Crippen LogP contribution in [0.3, 0.4) is 0 Å². The summed E-state index contributed by atoms with van der Waals surface area (Å²) in [6.45, 7) is 1.34. The van der Waals surface area contributed by atoms with Gasteiger partial charge < -0.3 is 29.5 Å². The van der Waals surface area contributed by atoms with E-state index in [1.54, 1.807) is 24.3 Å². The summed E-state index contributed by atoms with van der Waals surface area (Å²) in [4.78, 5) is 4.59. The van der Waals surface area contributed by atoms with Crippen LogP contribution < -0.4 is 24.8 Å². The minimum absolute atomic E-state index is 0.0441. The molecule has 0 unspecified atom stereocenters. The van der Waals surface area contributed by atoms with E-state index in [0.29, 0.717) is 25.3 Å². The van der Waals surface area contributed by atoms with Gasteiger partial charge in [-0.25, -0.2) is 0 Å². The van der Waals surface area contributed by atoms with Crippen molar-refractivity contribution in [1.82, 2.24) is 0 Å². The maximum absolute atomic E-state index is 11.6. The highest BCUT2D eigenvalue weighted by atomic mass is 16.5. The quantitative estimate of drug-likeness (QED) is 0.307. The van der Waals surface area contributed by atoms with E-state index in [2.05, 4.69) is 41.4 Å². The molecule has 0 fully saturated rings. The second-order valence-electron chi connectivity index (χ2n) is 12.7. The number of hydrogen-bond donors (Lipinski definition) is 3. The second-order valence-corrected chi connectivity index (χ2v) is 12.7. The van der Waals surface area contributed by atoms with Gasteiger partial charge in [0.1, 0.15) is 23.4 Å². The first-order chi connectivity index (χ1) is 22.0. The topological polar surface area (TPSA) is 101 Å². The zero-order valence-corrected chi connectivity index (χ0v) is 24.9. The minimum atomic E-state index is -0.798. The molecule has 4 aromatic rings. The van der Waals surface area contributed by atoms with Crippen molar-refractivity contribution in [2.24, 2.45) is 4.99 Å². The summed E-state index contributed by atoms with van der Waals surface area (Å²) in [7, 11) is 1.51. The molecule has 9 rings (SSSR count). The van der Waals surface area contributed by atoms with E-state index in [-0.39, 0.29) is 23.3 Å². The van der Waals surface area contributed by atoms with Crippen LogP contribution in [0.25, 0.3) is 23.3 Å². The van der Waals surface area contributed by atoms with Crippen LogP contribution in [0.2, 0.25) is 0 Å². The van der Waals surface area contributed by atoms with Crippen LogP contribution in [-0.4, -0.2) is 41.7 Å². The Kier molecular flexibility index (Phi) is 5.85. The summed E-state index contributed by atoms with van der Waals surface area (Å²) in [6.07, 6.45) is 7.92. The van der Waals surface area contributed by atoms with Gasteiger partial charge in [0.25, 0.3) is 0 Å². The zero-order valence-electron chi connectivity index (χ0n) is 24.9. The van der Waals surface area contributed by atoms with E-state index in [4.69, 9.17) is 14.2 Å². The molecule has 0 amide bonds. The van der Waals surface area contributed by atoms with E-state index in [1.165, 1.54) is 17.9 Å². The summed E-state index contributed by atoms with van der Waals surface area (Å²) >= 11 is 0. The highest BCUT2D eigenvalue weighted by Crippen LogP contribution is 2.59. The third kappa shape index (κ3) is 3.89. The van der Waals surface area contributed by atoms with Gasteiger partial charge in [-0.1, -0.05) is 36.4 Å². The molecule has 5 aliphatic rings. The Morgan fingerprint density at radius 1 is 0.911 bits per heavy atom. The molecule has 0 saturated carbocycles. The molecule has 7 heteroatoms. The average molecular weight is 600 g/mol. The van der Waals surface area contributed by atoms with Gasteiger partial charge in [-0.15, -0.1) is 0 Å². The van der Waals surface area contributed by atoms with Crippen LogP contribution >= 0.6 is 0 Å². The summed E-state index contributed by atoms with van der Waals surface area (Å²) < 4.78 is 18.6. The Bertz CT molecular complexity index is 2080. The molecule has 4 atom stereocenters. The van der Waals surface area contributed by atoms with Crippen molar-refractivity contribution in [1.29, 1.82) is 0 Å². The molecule has 2 aliphatic carbocycles. The molecule has 3 aliphatic heterocycles. The molecule has 3 N–H and O–H groups in total. The molecule has 7 nitrogen and oxygen atoms in total. The van der Waals surface area contributed by atoms with E-state index in [0.717, 1.165) is 80.6 Å². The van der Waals surface area contributed by atoms with Crippen molar-refractivity contribution in [2.75, 3.05) is 20.3 Å². The van der Waals surface area contributed by atoms with Crippen LogP contribution in [0.4, 0.5) is 0 Å². The molecule has 3 heterocycles. The number of ether oxygens (including phenoxy) is 3. The number of fused-ring (bicyclic) bond motifs is 8. The van der Waals surface area contributed by atoms with Gasteiger partial charge in [0.05, 0.1) is 31.7 Å². The van der Waals surface area contributed by atoms with Crippen LogP contribution in [0.15, 0.2) is 59.6 Å². The van der Waals surface area contributed by atoms with E-state index < -0.39 is 12.2 Å². The maximum atomic E-state index is 11.6. The van der Waals surface area contributed by atoms with Gasteiger partial charge in [0, 0.05) is 34.6 Å². The third-order valence-corrected chi connectivity index (χ3v) is 10.3. The molecule has 0 aromatic heterocycles. The fourth-order valence-corrected chi connectivity index (χ4v) is 8.28. The fraction of sp³-hybridized carbons (Fsp3) is 0.289. The Morgan fingerprint density at radius 3 is 2.67 bits per heavy atom. The number of methoxy groups -OCH3 is 1. The van der Waals surface area contributed by atoms with Crippen LogP contribution in [0.5, 0.6) is 28.7 Å². The number of aromatic hydroxyl groups is 2. The Balaban J connectivity index is 1.23. The van der Waals surface area contributed by atoms with Gasteiger partial charge in [-0.2, -0.15) is 0 Å². The number of benzene rings is 4. The molecule has 0 spiro atoms. The zero-order chi connectivity index (χ0) is 30.4. The van der Waals surface area contributed by atoms with Crippen molar-refractivity contribution >= 4 is 12.2 Å². The lowest BCUT2D eigenvalue weighted by molar-refractivity contribution is 0.0191. The predicted octanol–water partition coefficient (Wildman–Crippen LogP) is 5.00. The standard InChI is InChI=1S/C38H33NO6/c1-43-33-16-21(5-10-31(33)41)36-32(42)18-28-27-17-26-22(19-4-9-29-20(15-19)12-13-39-29)6-7-23-30(40)11-8-24(34(23)26)35(27)38-25(37(28)45-36)3-2-14-44-38/h4-12,15-16,22,26,32,36,40-42H,2-3,13-14,17-18H2,1H3/t22-,26-,32-,36-/m1/s1. The van der Waals surface area contributed by atoms with E-state index in [1.807, 2.05) is 6.07 Å². The number of phenolic OH excluding ortho intramolecular Hbond substituents is 2. The number of rotatable bonds is 3. The van der Waals surface area contributed by atoms with Gasteiger partial charge >= 0.3 is 0 Å². The van der Waals surface area contributed by atoms with Crippen LogP contribution in [0.1, 0.15) is 63.3 Å². The molecule has 45 heavy (non-hydrogen) atoms. The number of phenols is 2. The number of nitrogens with zero attached hydrogens (tertiary/aromatic N) is 1. The summed E-state index contributed by atoms with van der Waals surface area (Å²) in [5, 5.41) is 35.1. The Morgan fingerprint density at radius 2 is 1.78 bits per heavy atom. The molecule has 0 radical (unpaired) electrons. The first-order valence-corrected chi connectivity index (χ1v) is 15.7. The predicted molar refractivity (Wildman–Crippen MR) is 170 cm³/mol. The van der Waals surface area contributed by atoms with Crippen molar-refractivity contribution in [2.45, 2.75) is 49.7 Å². The minimum Gasteiger partial charge on any atom is -0.507 e. The van der Waals surface area contributed by atoms with Gasteiger partial charge in [0.2, 0.25) is 0 Å². The first kappa shape index (κ1) is 26.6. The first-order valence-electron chi connectivity index (χ1n) is 15.7. The summed E-state index contributed by atoms with van der Waals surface area (Å²) in [5.74, 6) is 2.53. The second kappa shape index (κ2) is 9.88. The highest BCUT2D eigenvalue weighted by Gasteiger charge is 2.43. The lowest BCUT2D eigenvalue weighted by Crippen LogP contribution is -2.33. The van der Waals surface area contributed by atoms with Gasteiger partial charge in [0.15, 0.2) is 11.5 Å². The third-order valence-electron chi connectivity index (χ3n) is 10.3. The van der Waals surface area contributed by atoms with Gasteiger partial charge in [-0.05, 0) is 88.5 Å². The van der Waals surface area contributed by atoms with Crippen LogP contribution in [0, 0.1) is 0 Å². The van der Waals surface area contributed by atoms with Crippen molar-refractivity contribution < 1.29 is 29.5 Å². The molecular weight excluding hydrogens is 566 g/mol. The number of allylic oxidation sites excluding steroid dienone is 1. The lowest BCUT2D eigenvalue weighted by Gasteiger charge is -2.42. The number of hydrogen-bond acceptors (Lipinski definition) is 7. The molecule has 226 valence electrons. The van der Waals surface area contributed by atoms with E-state index >= 15 is 0 Å². The molecule has 0 saturated heterocycles. The van der Waals surface area contributed by atoms with Gasteiger partial charge in [-0.3, -0.25) is 4.99 Å². The molecule has 0 bridgehead atoms. The lowest BCUT2D eigenvalue weighted by atomic mass is 9.65. The van der Waals surface area contributed by atoms with Crippen molar-refractivity contribution in [3.05, 3.63) is 104 Å². The SMILES string of the molecule is COc1cc([C@H]2Oc3c(c4c(c5c3CCCO5)-c3ccc(O)c5c3[C@H](C4)[C@@H](c3ccc4c(c3)=CCN=4)C=C5)C[C@H]2O)ccc1O. The Labute approximate surface area is 260 Å². The highest BCUT2D eigenvalue weighted by molar-refractivity contribution is 5.88. The fourth-order valence-electron chi connectivity index (χ4n) is 8.28. The van der Waals surface area contributed by atoms with Crippen molar-refractivity contribution in [3.63, 3.8) is 0 Å². The monoisotopic (exact) mass is 599 g/mol. The number of aliphatic hydroxyl groups excluding tert-OH is 1. The van der Waals surface area contributed by atoms with Crippen LogP contribution in [-0.2, 0) is 19.3 Å². The average Bonchev–Trinajstić information content (AvgIpc) is 3.54. The number of aliphatic hydroxyl groups is 1. The Hall–Kier alpha value is -4.75. The molecule has 4 aromatic carbocycles. The smallest absolute Gasteiger partial charge is 0.160 e. The van der Waals surface area contributed by atoms with E-state index in [9.17, 15) is 15.3 Å². The normalized spacial score (nSPS) is 23.2. The summed E-state index contributed by atoms with van der Waals surface area (Å²) in [6, 6.07) is 15.5. The summed E-state index contributed by atoms with van der Waals surface area (Å²) in [5.41, 5.74) is 9.41. The maximum Gasteiger partial charge on any atom is 0.160 e. The molecular formula is C38H33NO6. The van der Waals surface area contributed by atoms with Crippen molar-refractivity contribution in [3.8, 4) is 39.9 Å². The largest absolute Gasteiger partial charge is 0.507 e.